The summed E-state index contributed by atoms with van der Waals surface area (Å²) in [6.45, 7) is 1.87. The summed E-state index contributed by atoms with van der Waals surface area (Å²) in [4.78, 5) is 17.5. The van der Waals surface area contributed by atoms with Gasteiger partial charge in [-0.3, -0.25) is 4.79 Å². The molecule has 5 heteroatoms. The van der Waals surface area contributed by atoms with Crippen LogP contribution in [0.1, 0.15) is 10.4 Å². The van der Waals surface area contributed by atoms with Gasteiger partial charge in [0.25, 0.3) is 5.91 Å². The van der Waals surface area contributed by atoms with Crippen LogP contribution in [0.5, 0.6) is 0 Å². The lowest BCUT2D eigenvalue weighted by Gasteiger charge is -2.04. The highest BCUT2D eigenvalue weighted by Gasteiger charge is 2.02. The number of rotatable bonds is 5. The maximum atomic E-state index is 11.6. The third-order valence-electron chi connectivity index (χ3n) is 2.30. The minimum absolute atomic E-state index is 0.101. The molecule has 1 heterocycles. The van der Waals surface area contributed by atoms with Gasteiger partial charge in [-0.2, -0.15) is 0 Å². The van der Waals surface area contributed by atoms with Crippen LogP contribution in [0.15, 0.2) is 46.9 Å². The Labute approximate surface area is 115 Å². The molecule has 0 radical (unpaired) electrons. The second kappa shape index (κ2) is 6.70. The van der Waals surface area contributed by atoms with Crippen LogP contribution >= 0.6 is 11.3 Å². The summed E-state index contributed by atoms with van der Waals surface area (Å²) in [6.07, 6.45) is 1.59. The van der Waals surface area contributed by atoms with Gasteiger partial charge in [0.1, 0.15) is 0 Å². The zero-order chi connectivity index (χ0) is 13.5. The Balaban J connectivity index is 1.76. The minimum Gasteiger partial charge on any atom is -0.386 e. The number of hydrogen-bond donors (Lipinski definition) is 1. The predicted octanol–water partition coefficient (Wildman–Crippen LogP) is 3.05. The number of oxime groups is 1. The molecule has 2 aromatic rings. The van der Waals surface area contributed by atoms with Crippen molar-refractivity contribution in [1.29, 1.82) is 0 Å². The third-order valence-corrected chi connectivity index (χ3v) is 3.10. The Morgan fingerprint density at radius 2 is 2.32 bits per heavy atom. The van der Waals surface area contributed by atoms with E-state index in [0.29, 0.717) is 0 Å². The number of amides is 1. The number of carbonyl (C=O) groups excluding carboxylic acids is 1. The SMILES string of the molecule is Cc1cccc(NC(=O)CON=Cc2cccs2)c1. The van der Waals surface area contributed by atoms with Crippen molar-refractivity contribution < 1.29 is 9.63 Å². The second-order valence-corrected chi connectivity index (χ2v) is 4.92. The van der Waals surface area contributed by atoms with Crippen molar-refractivity contribution in [2.24, 2.45) is 5.16 Å². The van der Waals surface area contributed by atoms with Gasteiger partial charge < -0.3 is 10.2 Å². The zero-order valence-corrected chi connectivity index (χ0v) is 11.3. The Kier molecular flexibility index (Phi) is 4.69. The third kappa shape index (κ3) is 4.56. The van der Waals surface area contributed by atoms with E-state index in [2.05, 4.69) is 10.5 Å². The quantitative estimate of drug-likeness (QED) is 0.673. The van der Waals surface area contributed by atoms with Crippen LogP contribution < -0.4 is 5.32 Å². The highest BCUT2D eigenvalue weighted by molar-refractivity contribution is 7.11. The summed E-state index contributed by atoms with van der Waals surface area (Å²) in [7, 11) is 0. The van der Waals surface area contributed by atoms with Crippen LogP contribution in [-0.4, -0.2) is 18.7 Å². The predicted molar refractivity (Wildman–Crippen MR) is 77.7 cm³/mol. The van der Waals surface area contributed by atoms with Gasteiger partial charge >= 0.3 is 0 Å². The molecule has 0 spiro atoms. The minimum atomic E-state index is -0.228. The summed E-state index contributed by atoms with van der Waals surface area (Å²) >= 11 is 1.56. The molecule has 0 aliphatic heterocycles. The molecule has 2 rings (SSSR count). The molecule has 1 amide bonds. The first-order chi connectivity index (χ1) is 9.24. The fraction of sp³-hybridized carbons (Fsp3) is 0.143. The van der Waals surface area contributed by atoms with Crippen molar-refractivity contribution in [2.45, 2.75) is 6.92 Å². The van der Waals surface area contributed by atoms with E-state index in [1.807, 2.05) is 48.7 Å². The van der Waals surface area contributed by atoms with Crippen LogP contribution in [-0.2, 0) is 9.63 Å². The number of anilines is 1. The molecule has 0 bridgehead atoms. The molecule has 19 heavy (non-hydrogen) atoms. The number of benzene rings is 1. The van der Waals surface area contributed by atoms with Crippen LogP contribution in [0.2, 0.25) is 0 Å². The first kappa shape index (κ1) is 13.3. The Morgan fingerprint density at radius 1 is 1.42 bits per heavy atom. The van der Waals surface area contributed by atoms with Gasteiger partial charge in [-0.1, -0.05) is 23.4 Å². The zero-order valence-electron chi connectivity index (χ0n) is 10.5. The summed E-state index contributed by atoms with van der Waals surface area (Å²) in [5.74, 6) is -0.228. The van der Waals surface area contributed by atoms with Crippen LogP contribution in [0.4, 0.5) is 5.69 Å². The standard InChI is InChI=1S/C14H14N2O2S/c1-11-4-2-5-12(8-11)16-14(17)10-18-15-9-13-6-3-7-19-13/h2-9H,10H2,1H3,(H,16,17). The molecular weight excluding hydrogens is 260 g/mol. The van der Waals surface area contributed by atoms with Crippen molar-refractivity contribution in [3.8, 4) is 0 Å². The Morgan fingerprint density at radius 3 is 3.05 bits per heavy atom. The van der Waals surface area contributed by atoms with E-state index in [9.17, 15) is 4.79 Å². The maximum absolute atomic E-state index is 11.6. The molecule has 1 aromatic heterocycles. The smallest absolute Gasteiger partial charge is 0.265 e. The maximum Gasteiger partial charge on any atom is 0.265 e. The largest absolute Gasteiger partial charge is 0.386 e. The average molecular weight is 274 g/mol. The van der Waals surface area contributed by atoms with Crippen LogP contribution in [0, 0.1) is 6.92 Å². The van der Waals surface area contributed by atoms with E-state index >= 15 is 0 Å². The molecule has 0 aliphatic carbocycles. The van der Waals surface area contributed by atoms with Gasteiger partial charge in [0, 0.05) is 10.6 Å². The fourth-order valence-electron chi connectivity index (χ4n) is 1.47. The molecule has 0 saturated heterocycles. The van der Waals surface area contributed by atoms with Gasteiger partial charge in [-0.25, -0.2) is 0 Å². The van der Waals surface area contributed by atoms with Gasteiger partial charge in [-0.15, -0.1) is 11.3 Å². The Hall–Kier alpha value is -2.14. The molecular formula is C14H14N2O2S. The number of hydrogen-bond acceptors (Lipinski definition) is 4. The molecule has 98 valence electrons. The van der Waals surface area contributed by atoms with Crippen LogP contribution in [0.3, 0.4) is 0 Å². The van der Waals surface area contributed by atoms with Crippen LogP contribution in [0.25, 0.3) is 0 Å². The number of aryl methyl sites for hydroxylation is 1. The van der Waals surface area contributed by atoms with Crippen molar-refractivity contribution >= 4 is 29.1 Å². The summed E-state index contributed by atoms with van der Waals surface area (Å²) in [5.41, 5.74) is 1.85. The molecule has 4 nitrogen and oxygen atoms in total. The molecule has 0 saturated carbocycles. The summed E-state index contributed by atoms with van der Waals surface area (Å²) in [5, 5.41) is 8.43. The molecule has 1 N–H and O–H groups in total. The lowest BCUT2D eigenvalue weighted by atomic mass is 10.2. The van der Waals surface area contributed by atoms with E-state index in [-0.39, 0.29) is 12.5 Å². The lowest BCUT2D eigenvalue weighted by molar-refractivity contribution is -0.120. The van der Waals surface area contributed by atoms with Gasteiger partial charge in [0.2, 0.25) is 0 Å². The normalized spacial score (nSPS) is 10.6. The van der Waals surface area contributed by atoms with E-state index in [4.69, 9.17) is 4.84 Å². The van der Waals surface area contributed by atoms with Crippen molar-refractivity contribution in [3.63, 3.8) is 0 Å². The van der Waals surface area contributed by atoms with Gasteiger partial charge in [0.05, 0.1) is 6.21 Å². The molecule has 1 aromatic carbocycles. The lowest BCUT2D eigenvalue weighted by Crippen LogP contribution is -2.16. The molecule has 0 atom stereocenters. The van der Waals surface area contributed by atoms with Gasteiger partial charge in [0.15, 0.2) is 6.61 Å². The first-order valence-corrected chi connectivity index (χ1v) is 6.67. The second-order valence-electron chi connectivity index (χ2n) is 3.94. The van der Waals surface area contributed by atoms with Crippen molar-refractivity contribution in [3.05, 3.63) is 52.2 Å². The number of carbonyl (C=O) groups is 1. The average Bonchev–Trinajstić information content (AvgIpc) is 2.88. The number of thiophene rings is 1. The summed E-state index contributed by atoms with van der Waals surface area (Å²) < 4.78 is 0. The highest BCUT2D eigenvalue weighted by atomic mass is 32.1. The molecule has 0 aliphatic rings. The summed E-state index contributed by atoms with van der Waals surface area (Å²) in [6, 6.07) is 11.4. The number of nitrogens with one attached hydrogen (secondary N) is 1. The van der Waals surface area contributed by atoms with Crippen molar-refractivity contribution in [2.75, 3.05) is 11.9 Å². The van der Waals surface area contributed by atoms with Gasteiger partial charge in [-0.05, 0) is 36.1 Å². The number of nitrogens with zero attached hydrogens (tertiary/aromatic N) is 1. The van der Waals surface area contributed by atoms with E-state index in [1.54, 1.807) is 17.6 Å². The van der Waals surface area contributed by atoms with E-state index in [0.717, 1.165) is 16.1 Å². The monoisotopic (exact) mass is 274 g/mol. The molecule has 0 fully saturated rings. The van der Waals surface area contributed by atoms with E-state index in [1.165, 1.54) is 0 Å². The Bertz CT molecular complexity index is 565. The van der Waals surface area contributed by atoms with E-state index < -0.39 is 0 Å². The topological polar surface area (TPSA) is 50.7 Å². The fourth-order valence-corrected chi connectivity index (χ4v) is 2.05. The molecule has 0 unspecified atom stereocenters. The highest BCUT2D eigenvalue weighted by Crippen LogP contribution is 2.09. The van der Waals surface area contributed by atoms with Crippen molar-refractivity contribution in [1.82, 2.24) is 0 Å². The first-order valence-electron chi connectivity index (χ1n) is 5.79.